The summed E-state index contributed by atoms with van der Waals surface area (Å²) in [7, 11) is 0. The minimum absolute atomic E-state index is 0.0767. The Balaban J connectivity index is 1.84. The summed E-state index contributed by atoms with van der Waals surface area (Å²) >= 11 is 9.10. The van der Waals surface area contributed by atoms with Gasteiger partial charge in [-0.2, -0.15) is 0 Å². The molecule has 7 heteroatoms. The average Bonchev–Trinajstić information content (AvgIpc) is 2.84. The number of benzene rings is 1. The minimum atomic E-state index is -0.0767. The number of carbonyl (C=O) groups excluding carboxylic acids is 1. The molecular formula is C14H16ClN3OS2. The van der Waals surface area contributed by atoms with E-state index in [1.807, 2.05) is 24.3 Å². The van der Waals surface area contributed by atoms with Crippen LogP contribution < -0.4 is 5.32 Å². The molecule has 1 amide bonds. The SMILES string of the molecule is CC(C)Sc1nnc(NC(=O)CCc2ccccc2Cl)s1. The third kappa shape index (κ3) is 5.30. The average molecular weight is 342 g/mol. The van der Waals surface area contributed by atoms with E-state index in [0.29, 0.717) is 28.2 Å². The van der Waals surface area contributed by atoms with Gasteiger partial charge in [0.1, 0.15) is 0 Å². The maximum Gasteiger partial charge on any atom is 0.226 e. The van der Waals surface area contributed by atoms with Gasteiger partial charge in [0.2, 0.25) is 11.0 Å². The Morgan fingerprint density at radius 2 is 2.14 bits per heavy atom. The lowest BCUT2D eigenvalue weighted by Gasteiger charge is -2.03. The predicted octanol–water partition coefficient (Wildman–Crippen LogP) is 4.26. The molecule has 21 heavy (non-hydrogen) atoms. The first kappa shape index (κ1) is 16.3. The fraction of sp³-hybridized carbons (Fsp3) is 0.357. The maximum absolute atomic E-state index is 11.9. The van der Waals surface area contributed by atoms with E-state index >= 15 is 0 Å². The van der Waals surface area contributed by atoms with Gasteiger partial charge in [0.05, 0.1) is 0 Å². The number of hydrogen-bond acceptors (Lipinski definition) is 5. The summed E-state index contributed by atoms with van der Waals surface area (Å²) in [5.41, 5.74) is 0.975. The van der Waals surface area contributed by atoms with Gasteiger partial charge >= 0.3 is 0 Å². The first-order valence-electron chi connectivity index (χ1n) is 6.58. The van der Waals surface area contributed by atoms with Crippen LogP contribution in [0.2, 0.25) is 5.02 Å². The van der Waals surface area contributed by atoms with Gasteiger partial charge in [-0.1, -0.05) is 66.7 Å². The number of hydrogen-bond donors (Lipinski definition) is 1. The van der Waals surface area contributed by atoms with Crippen LogP contribution in [0, 0.1) is 0 Å². The van der Waals surface area contributed by atoms with Crippen molar-refractivity contribution in [2.45, 2.75) is 36.3 Å². The third-order valence-electron chi connectivity index (χ3n) is 2.57. The molecule has 0 saturated heterocycles. The standard InChI is InChI=1S/C14H16ClN3OS2/c1-9(2)20-14-18-17-13(21-14)16-12(19)8-7-10-5-3-4-6-11(10)15/h3-6,9H,7-8H2,1-2H3,(H,16,17,19). The molecule has 2 rings (SSSR count). The van der Waals surface area contributed by atoms with E-state index in [2.05, 4.69) is 29.4 Å². The molecule has 0 atom stereocenters. The molecule has 112 valence electrons. The summed E-state index contributed by atoms with van der Waals surface area (Å²) < 4.78 is 0.867. The van der Waals surface area contributed by atoms with Gasteiger partial charge in [0, 0.05) is 16.7 Å². The summed E-state index contributed by atoms with van der Waals surface area (Å²) in [6, 6.07) is 7.55. The Morgan fingerprint density at radius 3 is 2.86 bits per heavy atom. The second-order valence-corrected chi connectivity index (χ2v) is 7.89. The van der Waals surface area contributed by atoms with E-state index in [1.54, 1.807) is 11.8 Å². The Bertz CT molecular complexity index is 616. The van der Waals surface area contributed by atoms with Crippen molar-refractivity contribution in [3.05, 3.63) is 34.9 Å². The lowest BCUT2D eigenvalue weighted by Crippen LogP contribution is -2.12. The van der Waals surface area contributed by atoms with Crippen LogP contribution in [-0.4, -0.2) is 21.4 Å². The van der Waals surface area contributed by atoms with Crippen LogP contribution in [0.4, 0.5) is 5.13 Å². The molecule has 0 unspecified atom stereocenters. The zero-order valence-corrected chi connectivity index (χ0v) is 14.2. The molecule has 0 fully saturated rings. The molecule has 0 bridgehead atoms. The van der Waals surface area contributed by atoms with Gasteiger partial charge in [-0.05, 0) is 18.1 Å². The Labute approximate surface area is 137 Å². The number of rotatable bonds is 6. The van der Waals surface area contributed by atoms with Crippen molar-refractivity contribution < 1.29 is 4.79 Å². The second-order valence-electron chi connectivity index (χ2n) is 4.68. The molecule has 1 aromatic heterocycles. The normalized spacial score (nSPS) is 10.9. The van der Waals surface area contributed by atoms with Crippen molar-refractivity contribution in [1.82, 2.24) is 10.2 Å². The van der Waals surface area contributed by atoms with Gasteiger partial charge in [-0.15, -0.1) is 10.2 Å². The van der Waals surface area contributed by atoms with Crippen LogP contribution in [0.25, 0.3) is 0 Å². The zero-order chi connectivity index (χ0) is 15.2. The smallest absolute Gasteiger partial charge is 0.226 e. The minimum Gasteiger partial charge on any atom is -0.300 e. The van der Waals surface area contributed by atoms with E-state index in [9.17, 15) is 4.79 Å². The number of anilines is 1. The van der Waals surface area contributed by atoms with Crippen molar-refractivity contribution in [3.8, 4) is 0 Å². The number of nitrogens with zero attached hydrogens (tertiary/aromatic N) is 2. The maximum atomic E-state index is 11.9. The van der Waals surface area contributed by atoms with Gasteiger partial charge in [-0.25, -0.2) is 0 Å². The quantitative estimate of drug-likeness (QED) is 0.630. The number of thioether (sulfide) groups is 1. The van der Waals surface area contributed by atoms with Crippen LogP contribution in [0.1, 0.15) is 25.8 Å². The Morgan fingerprint density at radius 1 is 1.38 bits per heavy atom. The number of amides is 1. The molecule has 0 aliphatic rings. The third-order valence-corrected chi connectivity index (χ3v) is 4.86. The lowest BCUT2D eigenvalue weighted by atomic mass is 10.1. The molecule has 1 N–H and O–H groups in total. The zero-order valence-electron chi connectivity index (χ0n) is 11.8. The highest BCUT2D eigenvalue weighted by atomic mass is 35.5. The van der Waals surface area contributed by atoms with E-state index in [0.717, 1.165) is 9.90 Å². The van der Waals surface area contributed by atoms with Crippen LogP contribution >= 0.6 is 34.7 Å². The molecule has 2 aromatic rings. The topological polar surface area (TPSA) is 54.9 Å². The fourth-order valence-corrected chi connectivity index (χ4v) is 3.86. The lowest BCUT2D eigenvalue weighted by molar-refractivity contribution is -0.116. The Kier molecular flexibility index (Phi) is 6.02. The Hall–Kier alpha value is -1.11. The monoisotopic (exact) mass is 341 g/mol. The van der Waals surface area contributed by atoms with Gasteiger partial charge in [0.15, 0.2) is 4.34 Å². The summed E-state index contributed by atoms with van der Waals surface area (Å²) in [6.07, 6.45) is 0.980. The molecule has 0 aliphatic carbocycles. The fourth-order valence-electron chi connectivity index (χ4n) is 1.64. The van der Waals surface area contributed by atoms with Crippen molar-refractivity contribution in [1.29, 1.82) is 0 Å². The molecule has 0 radical (unpaired) electrons. The molecular weight excluding hydrogens is 326 g/mol. The molecule has 4 nitrogen and oxygen atoms in total. The van der Waals surface area contributed by atoms with E-state index in [1.165, 1.54) is 11.3 Å². The highest BCUT2D eigenvalue weighted by molar-refractivity contribution is 8.01. The van der Waals surface area contributed by atoms with E-state index in [4.69, 9.17) is 11.6 Å². The summed E-state index contributed by atoms with van der Waals surface area (Å²) in [5, 5.41) is 12.5. The van der Waals surface area contributed by atoms with Gasteiger partial charge < -0.3 is 5.32 Å². The number of carbonyl (C=O) groups is 1. The van der Waals surface area contributed by atoms with Gasteiger partial charge in [-0.3, -0.25) is 4.79 Å². The largest absolute Gasteiger partial charge is 0.300 e. The number of nitrogens with one attached hydrogen (secondary N) is 1. The van der Waals surface area contributed by atoms with Crippen molar-refractivity contribution in [2.75, 3.05) is 5.32 Å². The van der Waals surface area contributed by atoms with E-state index in [-0.39, 0.29) is 5.91 Å². The predicted molar refractivity (Wildman–Crippen MR) is 89.3 cm³/mol. The van der Waals surface area contributed by atoms with Gasteiger partial charge in [0.25, 0.3) is 0 Å². The molecule has 0 aliphatic heterocycles. The molecule has 0 spiro atoms. The first-order chi connectivity index (χ1) is 10.0. The molecule has 0 saturated carbocycles. The summed E-state index contributed by atoms with van der Waals surface area (Å²) in [5.74, 6) is -0.0767. The van der Waals surface area contributed by atoms with Crippen molar-refractivity contribution >= 4 is 45.7 Å². The molecule has 1 aromatic carbocycles. The number of aryl methyl sites for hydroxylation is 1. The summed E-state index contributed by atoms with van der Waals surface area (Å²) in [4.78, 5) is 11.9. The number of aromatic nitrogens is 2. The van der Waals surface area contributed by atoms with E-state index < -0.39 is 0 Å². The van der Waals surface area contributed by atoms with Crippen LogP contribution in [0.5, 0.6) is 0 Å². The number of halogens is 1. The second kappa shape index (κ2) is 7.77. The highest BCUT2D eigenvalue weighted by Gasteiger charge is 2.10. The summed E-state index contributed by atoms with van der Waals surface area (Å²) in [6.45, 7) is 4.18. The van der Waals surface area contributed by atoms with Crippen LogP contribution in [0.3, 0.4) is 0 Å². The van der Waals surface area contributed by atoms with Crippen LogP contribution in [-0.2, 0) is 11.2 Å². The molecule has 1 heterocycles. The van der Waals surface area contributed by atoms with Crippen molar-refractivity contribution in [3.63, 3.8) is 0 Å². The van der Waals surface area contributed by atoms with Crippen LogP contribution in [0.15, 0.2) is 28.6 Å². The first-order valence-corrected chi connectivity index (χ1v) is 8.65. The van der Waals surface area contributed by atoms with Crippen molar-refractivity contribution in [2.24, 2.45) is 0 Å². The highest BCUT2D eigenvalue weighted by Crippen LogP contribution is 2.28.